The lowest BCUT2D eigenvalue weighted by molar-refractivity contribution is -0.116. The second kappa shape index (κ2) is 6.52. The Hall–Kier alpha value is -1.62. The lowest BCUT2D eigenvalue weighted by Crippen LogP contribution is -2.34. The minimum absolute atomic E-state index is 0.0886. The molecule has 1 saturated heterocycles. The highest BCUT2D eigenvalue weighted by Gasteiger charge is 2.16. The van der Waals surface area contributed by atoms with Gasteiger partial charge in [-0.25, -0.2) is 4.98 Å². The standard InChI is InChI=1S/C14H22N4O/c1-11-3-2-8-18(10-11)12-4-5-13(16-9-12)17-14(19)6-7-15/h4-5,9,11H,2-3,6-8,10,15H2,1H3,(H,16,17,19). The summed E-state index contributed by atoms with van der Waals surface area (Å²) in [6, 6.07) is 3.87. The summed E-state index contributed by atoms with van der Waals surface area (Å²) in [5.74, 6) is 1.24. The summed E-state index contributed by atoms with van der Waals surface area (Å²) in [6.07, 6.45) is 4.69. The van der Waals surface area contributed by atoms with Gasteiger partial charge in [-0.1, -0.05) is 6.92 Å². The summed E-state index contributed by atoms with van der Waals surface area (Å²) >= 11 is 0. The van der Waals surface area contributed by atoms with Crippen molar-refractivity contribution in [3.63, 3.8) is 0 Å². The third-order valence-corrected chi connectivity index (χ3v) is 3.41. The molecule has 1 fully saturated rings. The van der Waals surface area contributed by atoms with Crippen LogP contribution < -0.4 is 16.0 Å². The maximum absolute atomic E-state index is 11.4. The average Bonchev–Trinajstić information content (AvgIpc) is 2.40. The molecule has 3 N–H and O–H groups in total. The molecule has 0 spiro atoms. The number of carbonyl (C=O) groups excluding carboxylic acids is 1. The molecule has 5 heteroatoms. The molecule has 1 amide bonds. The fraction of sp³-hybridized carbons (Fsp3) is 0.571. The molecule has 0 aliphatic carbocycles. The zero-order valence-corrected chi connectivity index (χ0v) is 11.4. The molecule has 1 aliphatic heterocycles. The number of pyridine rings is 1. The number of piperidine rings is 1. The third-order valence-electron chi connectivity index (χ3n) is 3.41. The van der Waals surface area contributed by atoms with Crippen molar-refractivity contribution in [1.82, 2.24) is 4.98 Å². The zero-order chi connectivity index (χ0) is 13.7. The molecule has 19 heavy (non-hydrogen) atoms. The minimum atomic E-state index is -0.0886. The Bertz CT molecular complexity index is 418. The summed E-state index contributed by atoms with van der Waals surface area (Å²) in [4.78, 5) is 18.0. The second-order valence-electron chi connectivity index (χ2n) is 5.18. The summed E-state index contributed by atoms with van der Waals surface area (Å²) < 4.78 is 0. The van der Waals surface area contributed by atoms with Gasteiger partial charge in [0.15, 0.2) is 0 Å². The van der Waals surface area contributed by atoms with Crippen LogP contribution in [0.3, 0.4) is 0 Å². The molecule has 2 heterocycles. The molecular formula is C14H22N4O. The molecule has 0 bridgehead atoms. The van der Waals surface area contributed by atoms with Crippen LogP contribution >= 0.6 is 0 Å². The molecule has 104 valence electrons. The first-order chi connectivity index (χ1) is 9.19. The number of nitrogens with two attached hydrogens (primary N) is 1. The number of rotatable bonds is 4. The predicted octanol–water partition coefficient (Wildman–Crippen LogP) is 1.61. The van der Waals surface area contributed by atoms with Gasteiger partial charge in [-0.2, -0.15) is 0 Å². The third kappa shape index (κ3) is 3.92. The number of amides is 1. The second-order valence-corrected chi connectivity index (χ2v) is 5.18. The Morgan fingerprint density at radius 1 is 1.58 bits per heavy atom. The first-order valence-electron chi connectivity index (χ1n) is 6.90. The van der Waals surface area contributed by atoms with Crippen LogP contribution in [0.2, 0.25) is 0 Å². The Morgan fingerprint density at radius 2 is 2.42 bits per heavy atom. The van der Waals surface area contributed by atoms with Crippen LogP contribution in [0.15, 0.2) is 18.3 Å². The maximum Gasteiger partial charge on any atom is 0.226 e. The monoisotopic (exact) mass is 262 g/mol. The topological polar surface area (TPSA) is 71.2 Å². The Labute approximate surface area is 114 Å². The van der Waals surface area contributed by atoms with E-state index in [9.17, 15) is 4.79 Å². The van der Waals surface area contributed by atoms with E-state index in [1.54, 1.807) is 0 Å². The van der Waals surface area contributed by atoms with Crippen molar-refractivity contribution in [2.45, 2.75) is 26.2 Å². The summed E-state index contributed by atoms with van der Waals surface area (Å²) in [6.45, 7) is 4.81. The van der Waals surface area contributed by atoms with E-state index in [0.717, 1.165) is 24.7 Å². The fourth-order valence-electron chi connectivity index (χ4n) is 2.41. The molecule has 0 radical (unpaired) electrons. The van der Waals surface area contributed by atoms with E-state index in [0.29, 0.717) is 18.8 Å². The van der Waals surface area contributed by atoms with Crippen LogP contribution in [0.25, 0.3) is 0 Å². The molecule has 0 aromatic carbocycles. The maximum atomic E-state index is 11.4. The lowest BCUT2D eigenvalue weighted by atomic mass is 10.00. The molecule has 1 atom stereocenters. The fourth-order valence-corrected chi connectivity index (χ4v) is 2.41. The molecule has 1 aliphatic rings. The lowest BCUT2D eigenvalue weighted by Gasteiger charge is -2.32. The zero-order valence-electron chi connectivity index (χ0n) is 11.4. The number of hydrogen-bond acceptors (Lipinski definition) is 4. The molecule has 1 aromatic rings. The average molecular weight is 262 g/mol. The van der Waals surface area contributed by atoms with Crippen LogP contribution in [-0.2, 0) is 4.79 Å². The minimum Gasteiger partial charge on any atom is -0.370 e. The SMILES string of the molecule is CC1CCCN(c2ccc(NC(=O)CCN)nc2)C1. The van der Waals surface area contributed by atoms with E-state index >= 15 is 0 Å². The van der Waals surface area contributed by atoms with Crippen molar-refractivity contribution in [3.05, 3.63) is 18.3 Å². The first-order valence-corrected chi connectivity index (χ1v) is 6.90. The van der Waals surface area contributed by atoms with Gasteiger partial charge in [0.1, 0.15) is 5.82 Å². The van der Waals surface area contributed by atoms with Crippen LogP contribution in [0, 0.1) is 5.92 Å². The van der Waals surface area contributed by atoms with Gasteiger partial charge in [0.2, 0.25) is 5.91 Å². The number of anilines is 2. The van der Waals surface area contributed by atoms with E-state index in [2.05, 4.69) is 22.1 Å². The van der Waals surface area contributed by atoms with E-state index in [4.69, 9.17) is 5.73 Å². The molecule has 5 nitrogen and oxygen atoms in total. The highest BCUT2D eigenvalue weighted by Crippen LogP contribution is 2.22. The predicted molar refractivity (Wildman–Crippen MR) is 77.1 cm³/mol. The van der Waals surface area contributed by atoms with Crippen molar-refractivity contribution in [2.24, 2.45) is 11.7 Å². The smallest absolute Gasteiger partial charge is 0.226 e. The Morgan fingerprint density at radius 3 is 3.05 bits per heavy atom. The molecule has 0 saturated carbocycles. The van der Waals surface area contributed by atoms with Gasteiger partial charge in [-0.3, -0.25) is 4.79 Å². The number of carbonyl (C=O) groups is 1. The van der Waals surface area contributed by atoms with Gasteiger partial charge in [0.05, 0.1) is 11.9 Å². The summed E-state index contributed by atoms with van der Waals surface area (Å²) in [5.41, 5.74) is 6.46. The highest BCUT2D eigenvalue weighted by molar-refractivity contribution is 5.89. The number of aromatic nitrogens is 1. The van der Waals surface area contributed by atoms with Crippen molar-refractivity contribution < 1.29 is 4.79 Å². The van der Waals surface area contributed by atoms with Gasteiger partial charge in [-0.05, 0) is 30.9 Å². The molecular weight excluding hydrogens is 240 g/mol. The summed E-state index contributed by atoms with van der Waals surface area (Å²) in [7, 11) is 0. The molecule has 1 unspecified atom stereocenters. The van der Waals surface area contributed by atoms with Gasteiger partial charge < -0.3 is 16.0 Å². The number of hydrogen-bond donors (Lipinski definition) is 2. The number of nitrogens with one attached hydrogen (secondary N) is 1. The van der Waals surface area contributed by atoms with Crippen molar-refractivity contribution >= 4 is 17.4 Å². The van der Waals surface area contributed by atoms with Crippen LogP contribution in [0.1, 0.15) is 26.2 Å². The van der Waals surface area contributed by atoms with E-state index in [1.807, 2.05) is 18.3 Å². The van der Waals surface area contributed by atoms with E-state index in [-0.39, 0.29) is 5.91 Å². The Balaban J connectivity index is 1.96. The van der Waals surface area contributed by atoms with Crippen LogP contribution in [-0.4, -0.2) is 30.5 Å². The Kier molecular flexibility index (Phi) is 4.74. The molecule has 1 aromatic heterocycles. The van der Waals surface area contributed by atoms with E-state index in [1.165, 1.54) is 12.8 Å². The van der Waals surface area contributed by atoms with Gasteiger partial charge >= 0.3 is 0 Å². The van der Waals surface area contributed by atoms with Crippen molar-refractivity contribution in [3.8, 4) is 0 Å². The van der Waals surface area contributed by atoms with Gasteiger partial charge in [-0.15, -0.1) is 0 Å². The van der Waals surface area contributed by atoms with E-state index < -0.39 is 0 Å². The molecule has 2 rings (SSSR count). The van der Waals surface area contributed by atoms with Crippen LogP contribution in [0.4, 0.5) is 11.5 Å². The highest BCUT2D eigenvalue weighted by atomic mass is 16.1. The van der Waals surface area contributed by atoms with Crippen molar-refractivity contribution in [2.75, 3.05) is 29.9 Å². The first kappa shape index (κ1) is 13.8. The summed E-state index contributed by atoms with van der Waals surface area (Å²) in [5, 5.41) is 2.73. The van der Waals surface area contributed by atoms with Crippen molar-refractivity contribution in [1.29, 1.82) is 0 Å². The normalized spacial score (nSPS) is 19.3. The number of nitrogens with zero attached hydrogens (tertiary/aromatic N) is 2. The van der Waals surface area contributed by atoms with Gasteiger partial charge in [0.25, 0.3) is 0 Å². The quantitative estimate of drug-likeness (QED) is 0.864. The largest absolute Gasteiger partial charge is 0.370 e. The van der Waals surface area contributed by atoms with Gasteiger partial charge in [0, 0.05) is 26.1 Å². The van der Waals surface area contributed by atoms with Crippen LogP contribution in [0.5, 0.6) is 0 Å².